The van der Waals surface area contributed by atoms with Crippen LogP contribution in [0, 0.1) is 23.1 Å². The molecule has 112 valence electrons. The number of rotatable bonds is 5. The minimum atomic E-state index is -0.488. The van der Waals surface area contributed by atoms with Crippen LogP contribution >= 0.6 is 0 Å². The molecule has 1 aliphatic carbocycles. The van der Waals surface area contributed by atoms with E-state index in [0.717, 1.165) is 12.8 Å². The molecule has 0 atom stereocenters. The van der Waals surface area contributed by atoms with Gasteiger partial charge in [0, 0.05) is 12.1 Å². The Bertz CT molecular complexity index is 582. The van der Waals surface area contributed by atoms with Crippen LogP contribution in [0.2, 0.25) is 0 Å². The molecule has 3 N–H and O–H groups in total. The lowest BCUT2D eigenvalue weighted by Crippen LogP contribution is -2.30. The van der Waals surface area contributed by atoms with Crippen molar-refractivity contribution >= 4 is 5.91 Å². The van der Waals surface area contributed by atoms with Crippen molar-refractivity contribution in [2.24, 2.45) is 11.1 Å². The first-order valence-corrected chi connectivity index (χ1v) is 7.37. The van der Waals surface area contributed by atoms with E-state index in [9.17, 15) is 9.18 Å². The van der Waals surface area contributed by atoms with E-state index in [4.69, 9.17) is 5.73 Å². The third kappa shape index (κ3) is 4.05. The summed E-state index contributed by atoms with van der Waals surface area (Å²) in [6.07, 6.45) is 4.60. The van der Waals surface area contributed by atoms with Gasteiger partial charge in [-0.2, -0.15) is 0 Å². The zero-order valence-electron chi connectivity index (χ0n) is 12.3. The lowest BCUT2D eigenvalue weighted by molar-refractivity contribution is 0.0943. The summed E-state index contributed by atoms with van der Waals surface area (Å²) in [5.41, 5.74) is 6.14. The Morgan fingerprint density at radius 2 is 2.24 bits per heavy atom. The maximum absolute atomic E-state index is 13.8. The third-order valence-corrected chi connectivity index (χ3v) is 3.92. The van der Waals surface area contributed by atoms with E-state index in [2.05, 4.69) is 24.1 Å². The summed E-state index contributed by atoms with van der Waals surface area (Å²) in [6, 6.07) is 4.35. The van der Waals surface area contributed by atoms with Crippen molar-refractivity contribution in [3.05, 3.63) is 35.1 Å². The average molecular weight is 288 g/mol. The molecule has 0 aromatic heterocycles. The Morgan fingerprint density at radius 1 is 1.48 bits per heavy atom. The molecule has 3 nitrogen and oxygen atoms in total. The fourth-order valence-electron chi connectivity index (χ4n) is 2.50. The second-order valence-electron chi connectivity index (χ2n) is 5.63. The van der Waals surface area contributed by atoms with Crippen LogP contribution in [-0.4, -0.2) is 19.0 Å². The van der Waals surface area contributed by atoms with Gasteiger partial charge in [0.05, 0.1) is 12.1 Å². The van der Waals surface area contributed by atoms with Gasteiger partial charge in [-0.3, -0.25) is 4.79 Å². The van der Waals surface area contributed by atoms with Gasteiger partial charge < -0.3 is 11.1 Å². The van der Waals surface area contributed by atoms with Crippen LogP contribution in [0.1, 0.15) is 48.5 Å². The first kappa shape index (κ1) is 15.5. The second kappa shape index (κ2) is 6.73. The number of carbonyl (C=O) groups excluding carboxylic acids is 1. The highest BCUT2D eigenvalue weighted by atomic mass is 19.1. The highest BCUT2D eigenvalue weighted by molar-refractivity contribution is 5.94. The minimum Gasteiger partial charge on any atom is -0.351 e. The lowest BCUT2D eigenvalue weighted by Gasteiger charge is -2.15. The van der Waals surface area contributed by atoms with E-state index in [1.165, 1.54) is 25.0 Å². The molecular formula is C17H21FN2O. The van der Waals surface area contributed by atoms with Crippen LogP contribution in [0.15, 0.2) is 18.2 Å². The molecule has 0 spiro atoms. The predicted octanol–water partition coefficient (Wildman–Crippen LogP) is 2.45. The van der Waals surface area contributed by atoms with E-state index < -0.39 is 5.82 Å². The summed E-state index contributed by atoms with van der Waals surface area (Å²) in [7, 11) is 0. The van der Waals surface area contributed by atoms with Crippen molar-refractivity contribution in [1.29, 1.82) is 0 Å². The van der Waals surface area contributed by atoms with Gasteiger partial charge in [-0.25, -0.2) is 4.39 Å². The molecule has 0 unspecified atom stereocenters. The van der Waals surface area contributed by atoms with Crippen molar-refractivity contribution in [1.82, 2.24) is 5.32 Å². The summed E-state index contributed by atoms with van der Waals surface area (Å²) in [4.78, 5) is 12.1. The van der Waals surface area contributed by atoms with E-state index in [1.807, 2.05) is 0 Å². The molecule has 2 rings (SSSR count). The molecule has 1 saturated carbocycles. The molecule has 0 aliphatic heterocycles. The monoisotopic (exact) mass is 288 g/mol. The van der Waals surface area contributed by atoms with Crippen molar-refractivity contribution in [2.45, 2.75) is 32.6 Å². The van der Waals surface area contributed by atoms with Gasteiger partial charge in [-0.1, -0.05) is 25.2 Å². The molecule has 1 fully saturated rings. The molecule has 0 radical (unpaired) electrons. The molecular weight excluding hydrogens is 267 g/mol. The Kier molecular flexibility index (Phi) is 4.98. The molecule has 1 aromatic carbocycles. The second-order valence-corrected chi connectivity index (χ2v) is 5.63. The van der Waals surface area contributed by atoms with E-state index in [1.54, 1.807) is 6.07 Å². The normalized spacial score (nSPS) is 15.0. The zero-order chi connectivity index (χ0) is 15.3. The molecule has 4 heteroatoms. The fraction of sp³-hybridized carbons (Fsp3) is 0.471. The number of hydrogen-bond donors (Lipinski definition) is 2. The standard InChI is InChI=1S/C17H21FN2O/c1-2-7-17(8-9-17)12-20-16(21)14-6-5-13(4-3-10-19)15(18)11-14/h5-6,11H,2,7-10,12,19H2,1H3,(H,20,21). The van der Waals surface area contributed by atoms with Crippen molar-refractivity contribution in [3.8, 4) is 11.8 Å². The number of hydrogen-bond acceptors (Lipinski definition) is 2. The predicted molar refractivity (Wildman–Crippen MR) is 81.2 cm³/mol. The maximum Gasteiger partial charge on any atom is 0.251 e. The van der Waals surface area contributed by atoms with Gasteiger partial charge in [0.25, 0.3) is 5.91 Å². The number of nitrogens with two attached hydrogens (primary N) is 1. The first-order valence-electron chi connectivity index (χ1n) is 7.37. The molecule has 1 aliphatic rings. The topological polar surface area (TPSA) is 55.1 Å². The van der Waals surface area contributed by atoms with Crippen molar-refractivity contribution in [3.63, 3.8) is 0 Å². The Labute approximate surface area is 125 Å². The van der Waals surface area contributed by atoms with Crippen molar-refractivity contribution in [2.75, 3.05) is 13.1 Å². The van der Waals surface area contributed by atoms with Crippen LogP contribution < -0.4 is 11.1 Å². The smallest absolute Gasteiger partial charge is 0.251 e. The number of nitrogens with one attached hydrogen (secondary N) is 1. The third-order valence-electron chi connectivity index (χ3n) is 3.92. The average Bonchev–Trinajstić information content (AvgIpc) is 3.24. The first-order chi connectivity index (χ1) is 10.1. The maximum atomic E-state index is 13.8. The zero-order valence-corrected chi connectivity index (χ0v) is 12.3. The summed E-state index contributed by atoms with van der Waals surface area (Å²) in [6.45, 7) is 3.01. The van der Waals surface area contributed by atoms with Crippen LogP contribution in [0.5, 0.6) is 0 Å². The van der Waals surface area contributed by atoms with E-state index >= 15 is 0 Å². The van der Waals surface area contributed by atoms with Crippen LogP contribution in [-0.2, 0) is 0 Å². The number of amides is 1. The van der Waals surface area contributed by atoms with Crippen LogP contribution in [0.4, 0.5) is 4.39 Å². The van der Waals surface area contributed by atoms with E-state index in [-0.39, 0.29) is 23.4 Å². The Hall–Kier alpha value is -1.86. The molecule has 21 heavy (non-hydrogen) atoms. The molecule has 1 aromatic rings. The fourth-order valence-corrected chi connectivity index (χ4v) is 2.50. The summed E-state index contributed by atoms with van der Waals surface area (Å²) in [5.74, 6) is 4.52. The molecule has 1 amide bonds. The van der Waals surface area contributed by atoms with Gasteiger partial charge in [-0.15, -0.1) is 0 Å². The SMILES string of the molecule is CCCC1(CNC(=O)c2ccc(C#CCN)c(F)c2)CC1. The van der Waals surface area contributed by atoms with Crippen LogP contribution in [0.3, 0.4) is 0 Å². The summed E-state index contributed by atoms with van der Waals surface area (Å²) >= 11 is 0. The quantitative estimate of drug-likeness (QED) is 0.818. The highest BCUT2D eigenvalue weighted by Crippen LogP contribution is 2.48. The van der Waals surface area contributed by atoms with Gasteiger partial charge in [-0.05, 0) is 42.9 Å². The largest absolute Gasteiger partial charge is 0.351 e. The molecule has 0 heterocycles. The highest BCUT2D eigenvalue weighted by Gasteiger charge is 2.41. The van der Waals surface area contributed by atoms with Gasteiger partial charge in [0.15, 0.2) is 0 Å². The van der Waals surface area contributed by atoms with Crippen molar-refractivity contribution < 1.29 is 9.18 Å². The molecule has 0 bridgehead atoms. The van der Waals surface area contributed by atoms with Gasteiger partial charge in [0.2, 0.25) is 0 Å². The number of carbonyl (C=O) groups is 1. The Morgan fingerprint density at radius 3 is 2.81 bits per heavy atom. The summed E-state index contributed by atoms with van der Waals surface area (Å²) in [5, 5.41) is 2.91. The van der Waals surface area contributed by atoms with Gasteiger partial charge >= 0.3 is 0 Å². The number of halogens is 1. The Balaban J connectivity index is 1.98. The summed E-state index contributed by atoms with van der Waals surface area (Å²) < 4.78 is 13.8. The number of benzene rings is 1. The van der Waals surface area contributed by atoms with Gasteiger partial charge in [0.1, 0.15) is 5.82 Å². The minimum absolute atomic E-state index is 0.182. The van der Waals surface area contributed by atoms with Crippen LogP contribution in [0.25, 0.3) is 0 Å². The lowest BCUT2D eigenvalue weighted by atomic mass is 10.0. The van der Waals surface area contributed by atoms with E-state index in [0.29, 0.717) is 12.1 Å². The molecule has 0 saturated heterocycles.